The number of ether oxygens (including phenoxy) is 3. The average Bonchev–Trinajstić information content (AvgIpc) is 2.30. The van der Waals surface area contributed by atoms with Crippen molar-refractivity contribution in [2.75, 3.05) is 13.2 Å². The van der Waals surface area contributed by atoms with Crippen molar-refractivity contribution in [3.8, 4) is 0 Å². The number of hydrogen-bond acceptors (Lipinski definition) is 3. The van der Waals surface area contributed by atoms with Gasteiger partial charge in [0.25, 0.3) is 0 Å². The Hall–Kier alpha value is 0.314. The SMILES string of the molecule is C[SiH](C)C1(OC2([SiH3])CCCCO2)CCCCO1. The van der Waals surface area contributed by atoms with Crippen molar-refractivity contribution in [1.82, 2.24) is 0 Å². The highest BCUT2D eigenvalue weighted by atomic mass is 28.3. The first-order valence-electron chi connectivity index (χ1n) is 7.04. The predicted octanol–water partition coefficient (Wildman–Crippen LogP) is 1.15. The molecular weight excluding hydrogens is 248 g/mol. The summed E-state index contributed by atoms with van der Waals surface area (Å²) in [6, 6.07) is 0. The van der Waals surface area contributed by atoms with Gasteiger partial charge in [-0.2, -0.15) is 0 Å². The van der Waals surface area contributed by atoms with Crippen LogP contribution in [0.4, 0.5) is 0 Å². The van der Waals surface area contributed by atoms with Crippen LogP contribution >= 0.6 is 0 Å². The van der Waals surface area contributed by atoms with Crippen molar-refractivity contribution in [1.29, 1.82) is 0 Å². The quantitative estimate of drug-likeness (QED) is 0.723. The molecule has 2 saturated heterocycles. The van der Waals surface area contributed by atoms with Crippen LogP contribution in [0.5, 0.6) is 0 Å². The fourth-order valence-corrected chi connectivity index (χ4v) is 5.66. The summed E-state index contributed by atoms with van der Waals surface area (Å²) in [4.78, 5) is 0. The molecule has 0 aliphatic carbocycles. The molecule has 2 atom stereocenters. The van der Waals surface area contributed by atoms with E-state index in [2.05, 4.69) is 13.1 Å². The first-order chi connectivity index (χ1) is 8.06. The van der Waals surface area contributed by atoms with E-state index in [1.807, 2.05) is 0 Å². The highest BCUT2D eigenvalue weighted by Crippen LogP contribution is 2.36. The Morgan fingerprint density at radius 1 is 1.00 bits per heavy atom. The minimum absolute atomic E-state index is 0.253. The Morgan fingerprint density at radius 2 is 1.65 bits per heavy atom. The molecule has 0 bridgehead atoms. The van der Waals surface area contributed by atoms with Gasteiger partial charge in [0, 0.05) is 13.2 Å². The van der Waals surface area contributed by atoms with Crippen molar-refractivity contribution in [3.05, 3.63) is 0 Å². The lowest BCUT2D eigenvalue weighted by Crippen LogP contribution is -2.57. The molecule has 0 aromatic carbocycles. The van der Waals surface area contributed by atoms with Crippen LogP contribution in [0.3, 0.4) is 0 Å². The Labute approximate surface area is 109 Å². The van der Waals surface area contributed by atoms with E-state index >= 15 is 0 Å². The zero-order chi connectivity index (χ0) is 12.4. The van der Waals surface area contributed by atoms with E-state index in [0.717, 1.165) is 36.3 Å². The molecular formula is C12H26O3Si2. The third kappa shape index (κ3) is 3.20. The zero-order valence-corrected chi connectivity index (χ0v) is 14.6. The largest absolute Gasteiger partial charge is 0.355 e. The predicted molar refractivity (Wildman–Crippen MR) is 75.0 cm³/mol. The van der Waals surface area contributed by atoms with E-state index in [9.17, 15) is 0 Å². The van der Waals surface area contributed by atoms with Crippen molar-refractivity contribution >= 4 is 19.0 Å². The number of rotatable bonds is 3. The van der Waals surface area contributed by atoms with Gasteiger partial charge in [-0.3, -0.25) is 0 Å². The second-order valence-corrected chi connectivity index (χ2v) is 10.5. The lowest BCUT2D eigenvalue weighted by atomic mass is 10.2. The van der Waals surface area contributed by atoms with E-state index in [0.29, 0.717) is 0 Å². The van der Waals surface area contributed by atoms with Crippen molar-refractivity contribution < 1.29 is 14.2 Å². The fraction of sp³-hybridized carbons (Fsp3) is 1.00. The van der Waals surface area contributed by atoms with Gasteiger partial charge in [0.15, 0.2) is 5.41 Å². The summed E-state index contributed by atoms with van der Waals surface area (Å²) in [5, 5.41) is 0. The van der Waals surface area contributed by atoms with Crippen LogP contribution in [0.1, 0.15) is 38.5 Å². The standard InChI is InChI=1S/C12H26O3Si2/c1-17(2)12(8-4-6-10-14-12)15-11(16)7-3-5-9-13-11/h17H,3-10H2,1-2,16H3. The van der Waals surface area contributed by atoms with E-state index in [1.165, 1.54) is 25.7 Å². The lowest BCUT2D eigenvalue weighted by molar-refractivity contribution is -0.312. The fourth-order valence-electron chi connectivity index (χ4n) is 2.80. The highest BCUT2D eigenvalue weighted by molar-refractivity contribution is 6.58. The molecule has 0 amide bonds. The molecule has 0 N–H and O–H groups in total. The maximum atomic E-state index is 6.45. The van der Waals surface area contributed by atoms with Gasteiger partial charge >= 0.3 is 0 Å². The smallest absolute Gasteiger partial charge is 0.150 e. The zero-order valence-electron chi connectivity index (χ0n) is 11.5. The molecule has 0 radical (unpaired) electrons. The van der Waals surface area contributed by atoms with Gasteiger partial charge in [0.2, 0.25) is 0 Å². The van der Waals surface area contributed by atoms with Crippen LogP contribution in [0.15, 0.2) is 0 Å². The van der Waals surface area contributed by atoms with Crippen LogP contribution < -0.4 is 0 Å². The molecule has 2 aliphatic heterocycles. The van der Waals surface area contributed by atoms with E-state index < -0.39 is 8.80 Å². The van der Waals surface area contributed by atoms with Crippen LogP contribution in [0.25, 0.3) is 0 Å². The topological polar surface area (TPSA) is 27.7 Å². The Morgan fingerprint density at radius 3 is 2.12 bits per heavy atom. The molecule has 2 rings (SSSR count). The third-order valence-corrected chi connectivity index (χ3v) is 7.29. The van der Waals surface area contributed by atoms with Crippen molar-refractivity contribution in [3.63, 3.8) is 0 Å². The van der Waals surface area contributed by atoms with Crippen LogP contribution in [0, 0.1) is 0 Å². The summed E-state index contributed by atoms with van der Waals surface area (Å²) in [6.45, 7) is 6.39. The van der Waals surface area contributed by atoms with E-state index in [-0.39, 0.29) is 10.8 Å². The summed E-state index contributed by atoms with van der Waals surface area (Å²) in [6.07, 6.45) is 6.97. The molecule has 0 saturated carbocycles. The molecule has 2 aliphatic rings. The monoisotopic (exact) mass is 274 g/mol. The third-order valence-electron chi connectivity index (χ3n) is 3.97. The maximum absolute atomic E-state index is 6.45. The van der Waals surface area contributed by atoms with Gasteiger partial charge in [-0.25, -0.2) is 0 Å². The van der Waals surface area contributed by atoms with E-state index in [4.69, 9.17) is 14.2 Å². The van der Waals surface area contributed by atoms with Crippen molar-refractivity contribution in [2.45, 2.75) is 62.4 Å². The molecule has 100 valence electrons. The first-order valence-corrected chi connectivity index (χ1v) is 10.9. The maximum Gasteiger partial charge on any atom is 0.150 e. The molecule has 0 spiro atoms. The second kappa shape index (κ2) is 5.53. The summed E-state index contributed by atoms with van der Waals surface area (Å²) in [5.74, 6) is 0. The van der Waals surface area contributed by atoms with Gasteiger partial charge in [0.05, 0.1) is 10.2 Å². The molecule has 2 heterocycles. The average molecular weight is 275 g/mol. The van der Waals surface area contributed by atoms with Gasteiger partial charge in [-0.1, -0.05) is 13.1 Å². The molecule has 17 heavy (non-hydrogen) atoms. The summed E-state index contributed by atoms with van der Waals surface area (Å²) in [5.41, 5.74) is -0.524. The molecule has 5 heteroatoms. The number of hydrogen-bond donors (Lipinski definition) is 0. The highest BCUT2D eigenvalue weighted by Gasteiger charge is 2.45. The summed E-state index contributed by atoms with van der Waals surface area (Å²) < 4.78 is 18.4. The van der Waals surface area contributed by atoms with Crippen LogP contribution in [-0.2, 0) is 14.2 Å². The van der Waals surface area contributed by atoms with Gasteiger partial charge in [-0.05, 0) is 38.5 Å². The first kappa shape index (κ1) is 13.7. The van der Waals surface area contributed by atoms with Gasteiger partial charge in [0.1, 0.15) is 14.2 Å². The van der Waals surface area contributed by atoms with Crippen LogP contribution in [-0.4, -0.2) is 43.1 Å². The molecule has 2 fully saturated rings. The minimum atomic E-state index is -1.00. The molecule has 3 nitrogen and oxygen atoms in total. The van der Waals surface area contributed by atoms with Crippen LogP contribution in [0.2, 0.25) is 13.1 Å². The van der Waals surface area contributed by atoms with E-state index in [1.54, 1.807) is 0 Å². The van der Waals surface area contributed by atoms with Crippen molar-refractivity contribution in [2.24, 2.45) is 0 Å². The lowest BCUT2D eigenvalue weighted by Gasteiger charge is -2.47. The Kier molecular flexibility index (Phi) is 4.47. The minimum Gasteiger partial charge on any atom is -0.355 e. The molecule has 0 aromatic rings. The summed E-state index contributed by atoms with van der Waals surface area (Å²) in [7, 11) is -0.0643. The summed E-state index contributed by atoms with van der Waals surface area (Å²) >= 11 is 0. The van der Waals surface area contributed by atoms with Gasteiger partial charge in [-0.15, -0.1) is 0 Å². The van der Waals surface area contributed by atoms with Gasteiger partial charge < -0.3 is 14.2 Å². The Bertz CT molecular complexity index is 246. The second-order valence-electron chi connectivity index (χ2n) is 5.81. The Balaban J connectivity index is 2.06. The molecule has 0 aromatic heterocycles. The molecule has 2 unspecified atom stereocenters. The normalized spacial score (nSPS) is 39.7.